The van der Waals surface area contributed by atoms with Crippen molar-refractivity contribution in [2.75, 3.05) is 18.5 Å². The predicted octanol–water partition coefficient (Wildman–Crippen LogP) is 4.90. The van der Waals surface area contributed by atoms with Gasteiger partial charge >= 0.3 is 0 Å². The summed E-state index contributed by atoms with van der Waals surface area (Å²) in [6, 6.07) is 23.8. The van der Waals surface area contributed by atoms with Gasteiger partial charge in [0.1, 0.15) is 30.5 Å². The third-order valence-corrected chi connectivity index (χ3v) is 3.65. The number of hydrogen-bond donors (Lipinski definition) is 1. The summed E-state index contributed by atoms with van der Waals surface area (Å²) in [6.07, 6.45) is 0. The van der Waals surface area contributed by atoms with E-state index in [0.29, 0.717) is 19.8 Å². The lowest BCUT2D eigenvalue weighted by molar-refractivity contribution is 0.216. The number of ether oxygens (including phenoxy) is 2. The molecule has 0 unspecified atom stereocenters. The molecule has 3 aromatic carbocycles. The first-order valence-electron chi connectivity index (χ1n) is 8.19. The smallest absolute Gasteiger partial charge is 0.124 e. The molecular weight excluding hydrogens is 317 g/mol. The van der Waals surface area contributed by atoms with Crippen LogP contribution in [0.15, 0.2) is 78.9 Å². The zero-order chi connectivity index (χ0) is 17.3. The molecule has 0 heterocycles. The molecule has 3 aromatic rings. The molecule has 0 aliphatic rings. The van der Waals surface area contributed by atoms with Crippen molar-refractivity contribution in [3.05, 3.63) is 90.2 Å². The zero-order valence-electron chi connectivity index (χ0n) is 13.8. The topological polar surface area (TPSA) is 30.5 Å². The van der Waals surface area contributed by atoms with Crippen LogP contribution in [0.4, 0.5) is 10.1 Å². The highest BCUT2D eigenvalue weighted by Gasteiger charge is 2.03. The molecule has 0 atom stereocenters. The Labute approximate surface area is 147 Å². The van der Waals surface area contributed by atoms with E-state index < -0.39 is 0 Å². The van der Waals surface area contributed by atoms with Gasteiger partial charge in [0.15, 0.2) is 0 Å². The Balaban J connectivity index is 1.51. The van der Waals surface area contributed by atoms with Gasteiger partial charge in [-0.1, -0.05) is 36.4 Å². The first-order valence-corrected chi connectivity index (χ1v) is 8.19. The fourth-order valence-electron chi connectivity index (χ4n) is 2.38. The summed E-state index contributed by atoms with van der Waals surface area (Å²) < 4.78 is 24.4. The van der Waals surface area contributed by atoms with Gasteiger partial charge in [-0.25, -0.2) is 4.39 Å². The molecule has 0 aliphatic carbocycles. The molecule has 0 fully saturated rings. The predicted molar refractivity (Wildman–Crippen MR) is 97.6 cm³/mol. The first kappa shape index (κ1) is 16.8. The highest BCUT2D eigenvalue weighted by molar-refractivity contribution is 5.45. The van der Waals surface area contributed by atoms with Gasteiger partial charge in [0.05, 0.1) is 0 Å². The molecule has 0 amide bonds. The summed E-state index contributed by atoms with van der Waals surface area (Å²) in [6.45, 7) is 1.54. The van der Waals surface area contributed by atoms with Gasteiger partial charge in [-0.15, -0.1) is 0 Å². The van der Waals surface area contributed by atoms with E-state index in [1.165, 1.54) is 12.1 Å². The van der Waals surface area contributed by atoms with Crippen molar-refractivity contribution in [3.8, 4) is 11.5 Å². The standard InChI is InChI=1S/C21H20FNO2/c22-18-10-12-19(13-11-18)23-16-17-6-4-5-9-21(17)25-15-14-24-20-7-2-1-3-8-20/h1-13,23H,14-16H2. The molecular formula is C21H20FNO2. The molecule has 0 aliphatic heterocycles. The van der Waals surface area contributed by atoms with Crippen LogP contribution in [0.25, 0.3) is 0 Å². The molecule has 0 bridgehead atoms. The molecule has 128 valence electrons. The van der Waals surface area contributed by atoms with Crippen LogP contribution in [0.2, 0.25) is 0 Å². The maximum Gasteiger partial charge on any atom is 0.124 e. The molecule has 0 radical (unpaired) electrons. The lowest BCUT2D eigenvalue weighted by Gasteiger charge is -2.13. The summed E-state index contributed by atoms with van der Waals surface area (Å²) in [7, 11) is 0. The van der Waals surface area contributed by atoms with Gasteiger partial charge in [0, 0.05) is 17.8 Å². The normalized spacial score (nSPS) is 10.3. The number of para-hydroxylation sites is 2. The molecule has 0 saturated heterocycles. The molecule has 1 N–H and O–H groups in total. The number of anilines is 1. The number of halogens is 1. The Morgan fingerprint density at radius 3 is 2.20 bits per heavy atom. The second-order valence-corrected chi connectivity index (χ2v) is 5.48. The molecule has 0 spiro atoms. The van der Waals surface area contributed by atoms with Crippen LogP contribution >= 0.6 is 0 Å². The molecule has 3 nitrogen and oxygen atoms in total. The van der Waals surface area contributed by atoms with Crippen molar-refractivity contribution in [1.29, 1.82) is 0 Å². The molecule has 25 heavy (non-hydrogen) atoms. The number of rotatable bonds is 8. The van der Waals surface area contributed by atoms with Crippen LogP contribution in [-0.4, -0.2) is 13.2 Å². The fraction of sp³-hybridized carbons (Fsp3) is 0.143. The fourth-order valence-corrected chi connectivity index (χ4v) is 2.38. The summed E-state index contributed by atoms with van der Waals surface area (Å²) in [4.78, 5) is 0. The van der Waals surface area contributed by atoms with Crippen molar-refractivity contribution < 1.29 is 13.9 Å². The number of nitrogens with one attached hydrogen (secondary N) is 1. The maximum absolute atomic E-state index is 13.0. The van der Waals surface area contributed by atoms with E-state index in [9.17, 15) is 4.39 Å². The van der Waals surface area contributed by atoms with Crippen molar-refractivity contribution in [1.82, 2.24) is 0 Å². The molecule has 3 rings (SSSR count). The Morgan fingerprint density at radius 1 is 0.720 bits per heavy atom. The third kappa shape index (κ3) is 5.24. The largest absolute Gasteiger partial charge is 0.490 e. The molecule has 4 heteroatoms. The Kier molecular flexibility index (Phi) is 5.88. The number of hydrogen-bond acceptors (Lipinski definition) is 3. The van der Waals surface area contributed by atoms with E-state index in [1.54, 1.807) is 12.1 Å². The monoisotopic (exact) mass is 337 g/mol. The van der Waals surface area contributed by atoms with Gasteiger partial charge in [0.2, 0.25) is 0 Å². The van der Waals surface area contributed by atoms with Crippen LogP contribution < -0.4 is 14.8 Å². The van der Waals surface area contributed by atoms with Gasteiger partial charge in [0.25, 0.3) is 0 Å². The Bertz CT molecular complexity index is 775. The van der Waals surface area contributed by atoms with Gasteiger partial charge in [-0.2, -0.15) is 0 Å². The van der Waals surface area contributed by atoms with E-state index in [2.05, 4.69) is 5.32 Å². The third-order valence-electron chi connectivity index (χ3n) is 3.65. The lowest BCUT2D eigenvalue weighted by atomic mass is 10.2. The van der Waals surface area contributed by atoms with Gasteiger partial charge in [-0.3, -0.25) is 0 Å². The highest BCUT2D eigenvalue weighted by Crippen LogP contribution is 2.20. The van der Waals surface area contributed by atoms with Gasteiger partial charge < -0.3 is 14.8 Å². The zero-order valence-corrected chi connectivity index (χ0v) is 13.8. The summed E-state index contributed by atoms with van der Waals surface area (Å²) in [5.41, 5.74) is 1.90. The average Bonchev–Trinajstić information content (AvgIpc) is 2.66. The summed E-state index contributed by atoms with van der Waals surface area (Å²) >= 11 is 0. The lowest BCUT2D eigenvalue weighted by Crippen LogP contribution is -2.10. The first-order chi connectivity index (χ1) is 12.3. The maximum atomic E-state index is 13.0. The van der Waals surface area contributed by atoms with Crippen LogP contribution in [-0.2, 0) is 6.54 Å². The summed E-state index contributed by atoms with van der Waals surface area (Å²) in [5.74, 6) is 1.40. The van der Waals surface area contributed by atoms with E-state index >= 15 is 0 Å². The minimum absolute atomic E-state index is 0.243. The van der Waals surface area contributed by atoms with Crippen molar-refractivity contribution in [3.63, 3.8) is 0 Å². The highest BCUT2D eigenvalue weighted by atomic mass is 19.1. The van der Waals surface area contributed by atoms with Crippen LogP contribution in [0.3, 0.4) is 0 Å². The van der Waals surface area contributed by atoms with Gasteiger partial charge in [-0.05, 0) is 42.5 Å². The van der Waals surface area contributed by atoms with E-state index in [4.69, 9.17) is 9.47 Å². The number of benzene rings is 3. The van der Waals surface area contributed by atoms with E-state index in [-0.39, 0.29) is 5.82 Å². The summed E-state index contributed by atoms with van der Waals surface area (Å²) in [5, 5.41) is 3.27. The van der Waals surface area contributed by atoms with E-state index in [0.717, 1.165) is 22.7 Å². The molecule has 0 saturated carbocycles. The Morgan fingerprint density at radius 2 is 1.40 bits per heavy atom. The van der Waals surface area contributed by atoms with Crippen LogP contribution in [0.5, 0.6) is 11.5 Å². The second kappa shape index (κ2) is 8.73. The SMILES string of the molecule is Fc1ccc(NCc2ccccc2OCCOc2ccccc2)cc1. The van der Waals surface area contributed by atoms with Crippen molar-refractivity contribution in [2.45, 2.75) is 6.54 Å². The Hall–Kier alpha value is -3.01. The van der Waals surface area contributed by atoms with Crippen LogP contribution in [0.1, 0.15) is 5.56 Å². The minimum atomic E-state index is -0.243. The average molecular weight is 337 g/mol. The molecule has 0 aromatic heterocycles. The second-order valence-electron chi connectivity index (χ2n) is 5.48. The van der Waals surface area contributed by atoms with Crippen molar-refractivity contribution in [2.24, 2.45) is 0 Å². The van der Waals surface area contributed by atoms with E-state index in [1.807, 2.05) is 54.6 Å². The minimum Gasteiger partial charge on any atom is -0.490 e. The van der Waals surface area contributed by atoms with Crippen molar-refractivity contribution >= 4 is 5.69 Å². The quantitative estimate of drug-likeness (QED) is 0.593. The van der Waals surface area contributed by atoms with Crippen LogP contribution in [0, 0.1) is 5.82 Å².